The molecule has 0 heterocycles. The maximum Gasteiger partial charge on any atom is 0.119 e. The molecule has 0 spiro atoms. The average molecular weight is 256 g/mol. The Morgan fingerprint density at radius 3 is 2.47 bits per heavy atom. The highest BCUT2D eigenvalue weighted by molar-refractivity contribution is 5.85. The number of alkyl halides is 1. The number of halogens is 2. The Balaban J connectivity index is 0.00000144. The molecule has 0 aliphatic heterocycles. The van der Waals surface area contributed by atoms with Crippen molar-refractivity contribution < 1.29 is 9.13 Å². The Kier molecular flexibility index (Phi) is 4.73. The van der Waals surface area contributed by atoms with Gasteiger partial charge in [0.1, 0.15) is 12.4 Å². The van der Waals surface area contributed by atoms with Crippen LogP contribution in [0.4, 0.5) is 4.39 Å². The second-order valence-corrected chi connectivity index (χ2v) is 3.73. The van der Waals surface area contributed by atoms with Crippen LogP contribution in [0.3, 0.4) is 0 Å². The van der Waals surface area contributed by atoms with Gasteiger partial charge in [0.05, 0.1) is 13.2 Å². The van der Waals surface area contributed by atoms with Gasteiger partial charge < -0.3 is 10.5 Å². The third-order valence-electron chi connectivity index (χ3n) is 2.67. The Morgan fingerprint density at radius 2 is 1.82 bits per heavy atom. The first-order chi connectivity index (χ1) is 7.74. The van der Waals surface area contributed by atoms with E-state index in [2.05, 4.69) is 0 Å². The van der Waals surface area contributed by atoms with Gasteiger partial charge in [-0.3, -0.25) is 0 Å². The maximum absolute atomic E-state index is 12.4. The van der Waals surface area contributed by atoms with Crippen molar-refractivity contribution in [3.8, 4) is 5.75 Å². The minimum absolute atomic E-state index is 0. The van der Waals surface area contributed by atoms with E-state index in [0.717, 1.165) is 22.1 Å². The summed E-state index contributed by atoms with van der Waals surface area (Å²) in [6, 6.07) is 10.9. The van der Waals surface area contributed by atoms with Gasteiger partial charge >= 0.3 is 0 Å². The van der Waals surface area contributed by atoms with E-state index in [1.54, 1.807) is 7.11 Å². The zero-order valence-corrected chi connectivity index (χ0v) is 10.3. The first-order valence-corrected chi connectivity index (χ1v) is 5.14. The average Bonchev–Trinajstić information content (AvgIpc) is 2.36. The zero-order valence-electron chi connectivity index (χ0n) is 9.52. The summed E-state index contributed by atoms with van der Waals surface area (Å²) in [5, 5.41) is 2.11. The van der Waals surface area contributed by atoms with Crippen molar-refractivity contribution in [2.45, 2.75) is 6.04 Å². The lowest BCUT2D eigenvalue weighted by Gasteiger charge is -2.09. The van der Waals surface area contributed by atoms with Crippen LogP contribution in [-0.4, -0.2) is 13.8 Å². The van der Waals surface area contributed by atoms with Crippen molar-refractivity contribution in [2.24, 2.45) is 5.73 Å². The fourth-order valence-corrected chi connectivity index (χ4v) is 1.69. The van der Waals surface area contributed by atoms with Crippen LogP contribution >= 0.6 is 12.4 Å². The number of benzene rings is 2. The monoisotopic (exact) mass is 255 g/mol. The van der Waals surface area contributed by atoms with Crippen molar-refractivity contribution in [3.63, 3.8) is 0 Å². The second-order valence-electron chi connectivity index (χ2n) is 3.73. The van der Waals surface area contributed by atoms with Gasteiger partial charge in [-0.2, -0.15) is 0 Å². The summed E-state index contributed by atoms with van der Waals surface area (Å²) < 4.78 is 17.6. The van der Waals surface area contributed by atoms with Crippen LogP contribution in [0, 0.1) is 0 Å². The van der Waals surface area contributed by atoms with Gasteiger partial charge in [0.2, 0.25) is 0 Å². The zero-order chi connectivity index (χ0) is 11.5. The number of rotatable bonds is 3. The highest BCUT2D eigenvalue weighted by Crippen LogP contribution is 2.23. The van der Waals surface area contributed by atoms with E-state index in [1.807, 2.05) is 36.4 Å². The van der Waals surface area contributed by atoms with Crippen LogP contribution < -0.4 is 10.5 Å². The fraction of sp³-hybridized carbons (Fsp3) is 0.231. The van der Waals surface area contributed by atoms with Crippen molar-refractivity contribution in [1.29, 1.82) is 0 Å². The predicted octanol–water partition coefficient (Wildman–Crippen LogP) is 3.24. The first-order valence-electron chi connectivity index (χ1n) is 5.14. The molecule has 2 nitrogen and oxygen atoms in total. The Hall–Kier alpha value is -1.32. The summed E-state index contributed by atoms with van der Waals surface area (Å²) in [4.78, 5) is 0. The van der Waals surface area contributed by atoms with Crippen molar-refractivity contribution in [3.05, 3.63) is 42.0 Å². The fourth-order valence-electron chi connectivity index (χ4n) is 1.69. The number of nitrogens with two attached hydrogens (primary N) is 1. The molecule has 17 heavy (non-hydrogen) atoms. The molecule has 2 rings (SSSR count). The number of hydrogen-bond donors (Lipinski definition) is 1. The Bertz CT molecular complexity index is 504. The molecule has 0 saturated heterocycles. The van der Waals surface area contributed by atoms with Crippen molar-refractivity contribution >= 4 is 23.2 Å². The molecule has 0 saturated carbocycles. The minimum atomic E-state index is -0.540. The van der Waals surface area contributed by atoms with E-state index in [-0.39, 0.29) is 12.4 Å². The van der Waals surface area contributed by atoms with Crippen LogP contribution in [-0.2, 0) is 0 Å². The maximum atomic E-state index is 12.4. The third-order valence-corrected chi connectivity index (χ3v) is 2.67. The SMILES string of the molecule is COc1ccc2cc([C@H](N)CF)ccc2c1.Cl. The topological polar surface area (TPSA) is 35.2 Å². The van der Waals surface area contributed by atoms with Crippen LogP contribution in [0.25, 0.3) is 10.8 Å². The number of hydrogen-bond acceptors (Lipinski definition) is 2. The second kappa shape index (κ2) is 5.84. The van der Waals surface area contributed by atoms with Crippen LogP contribution in [0.5, 0.6) is 5.75 Å². The third kappa shape index (κ3) is 2.87. The van der Waals surface area contributed by atoms with E-state index in [1.165, 1.54) is 0 Å². The predicted molar refractivity (Wildman–Crippen MR) is 70.7 cm³/mol. The highest BCUT2D eigenvalue weighted by Gasteiger charge is 2.06. The summed E-state index contributed by atoms with van der Waals surface area (Å²) in [6.07, 6.45) is 0. The largest absolute Gasteiger partial charge is 0.497 e. The minimum Gasteiger partial charge on any atom is -0.497 e. The molecule has 0 aliphatic carbocycles. The molecule has 1 atom stereocenters. The molecule has 92 valence electrons. The van der Waals surface area contributed by atoms with Gasteiger partial charge in [-0.05, 0) is 34.5 Å². The summed E-state index contributed by atoms with van der Waals surface area (Å²) in [7, 11) is 1.63. The summed E-state index contributed by atoms with van der Waals surface area (Å²) in [5.74, 6) is 0.815. The molecule has 0 amide bonds. The normalized spacial score (nSPS) is 11.9. The molecule has 2 aromatic rings. The quantitative estimate of drug-likeness (QED) is 0.914. The molecule has 0 aliphatic rings. The molecule has 0 unspecified atom stereocenters. The number of ether oxygens (including phenoxy) is 1. The molecule has 0 radical (unpaired) electrons. The Morgan fingerprint density at radius 1 is 1.18 bits per heavy atom. The van der Waals surface area contributed by atoms with Gasteiger partial charge in [-0.1, -0.05) is 18.2 Å². The molecule has 0 aromatic heterocycles. The van der Waals surface area contributed by atoms with E-state index in [0.29, 0.717) is 0 Å². The van der Waals surface area contributed by atoms with E-state index in [9.17, 15) is 4.39 Å². The standard InChI is InChI=1S/C13H14FNO.ClH/c1-16-12-5-4-9-6-11(13(15)8-14)3-2-10(9)7-12;/h2-7,13H,8,15H2,1H3;1H/t13-;/m1./s1. The molecule has 0 fully saturated rings. The Labute approximate surface area is 106 Å². The lowest BCUT2D eigenvalue weighted by atomic mass is 10.0. The lowest BCUT2D eigenvalue weighted by molar-refractivity contribution is 0.415. The number of fused-ring (bicyclic) bond motifs is 1. The molecule has 0 bridgehead atoms. The molecule has 4 heteroatoms. The molecule has 2 N–H and O–H groups in total. The lowest BCUT2D eigenvalue weighted by Crippen LogP contribution is -2.11. The van der Waals surface area contributed by atoms with E-state index < -0.39 is 12.7 Å². The van der Waals surface area contributed by atoms with Crippen LogP contribution in [0.15, 0.2) is 36.4 Å². The van der Waals surface area contributed by atoms with Crippen molar-refractivity contribution in [1.82, 2.24) is 0 Å². The molecular formula is C13H15ClFNO. The molecule has 2 aromatic carbocycles. The molecular weight excluding hydrogens is 241 g/mol. The van der Waals surface area contributed by atoms with E-state index >= 15 is 0 Å². The van der Waals surface area contributed by atoms with Gasteiger partial charge in [0.25, 0.3) is 0 Å². The first kappa shape index (κ1) is 13.7. The van der Waals surface area contributed by atoms with Gasteiger partial charge in [-0.15, -0.1) is 12.4 Å². The van der Waals surface area contributed by atoms with Gasteiger partial charge in [0, 0.05) is 0 Å². The smallest absolute Gasteiger partial charge is 0.119 e. The number of methoxy groups -OCH3 is 1. The summed E-state index contributed by atoms with van der Waals surface area (Å²) in [6.45, 7) is -0.540. The van der Waals surface area contributed by atoms with Crippen LogP contribution in [0.1, 0.15) is 11.6 Å². The van der Waals surface area contributed by atoms with Crippen molar-refractivity contribution in [2.75, 3.05) is 13.8 Å². The highest BCUT2D eigenvalue weighted by atomic mass is 35.5. The van der Waals surface area contributed by atoms with Crippen LogP contribution in [0.2, 0.25) is 0 Å². The van der Waals surface area contributed by atoms with Gasteiger partial charge in [0.15, 0.2) is 0 Å². The summed E-state index contributed by atoms with van der Waals surface area (Å²) >= 11 is 0. The van der Waals surface area contributed by atoms with Gasteiger partial charge in [-0.25, -0.2) is 4.39 Å². The van der Waals surface area contributed by atoms with E-state index in [4.69, 9.17) is 10.5 Å². The summed E-state index contributed by atoms with van der Waals surface area (Å²) in [5.41, 5.74) is 6.46.